The maximum absolute atomic E-state index is 14.0. The number of hydrogen-bond acceptors (Lipinski definition) is 2. The van der Waals surface area contributed by atoms with E-state index in [9.17, 15) is 8.42 Å². The van der Waals surface area contributed by atoms with Gasteiger partial charge in [0.2, 0.25) is 16.6 Å². The average molecular weight is 683 g/mol. The Kier molecular flexibility index (Phi) is 7.02. The molecule has 0 saturated heterocycles. The quantitative estimate of drug-likeness (QED) is 0.137. The second-order valence-electron chi connectivity index (χ2n) is 13.6. The van der Waals surface area contributed by atoms with Crippen molar-refractivity contribution in [3.05, 3.63) is 188 Å². The van der Waals surface area contributed by atoms with Gasteiger partial charge >= 0.3 is 0 Å². The van der Waals surface area contributed by atoms with Crippen LogP contribution in [-0.4, -0.2) is 15.1 Å². The van der Waals surface area contributed by atoms with E-state index < -0.39 is 9.84 Å². The van der Waals surface area contributed by atoms with E-state index in [1.807, 2.05) is 48.5 Å². The van der Waals surface area contributed by atoms with Crippen molar-refractivity contribution in [3.8, 4) is 33.4 Å². The Morgan fingerprint density at radius 2 is 0.712 bits per heavy atom. The minimum absolute atomic E-state index is 0.149. The Morgan fingerprint density at radius 3 is 1.31 bits per heavy atom. The normalized spacial score (nSPS) is 13.3. The predicted octanol–water partition coefficient (Wildman–Crippen LogP) is 9.81. The molecular weight excluding hydrogens is 651 g/mol. The molecule has 0 N–H and O–H groups in total. The predicted molar refractivity (Wildman–Crippen MR) is 218 cm³/mol. The number of benzene rings is 9. The van der Waals surface area contributed by atoms with Gasteiger partial charge in [-0.25, -0.2) is 8.42 Å². The van der Waals surface area contributed by atoms with E-state index in [-0.39, 0.29) is 6.71 Å². The fraction of sp³-hybridized carbons (Fsp3) is 0. The zero-order valence-corrected chi connectivity index (χ0v) is 29.0. The van der Waals surface area contributed by atoms with Crippen molar-refractivity contribution in [1.82, 2.24) is 0 Å². The fourth-order valence-corrected chi connectivity index (χ4v) is 10.0. The van der Waals surface area contributed by atoms with Crippen LogP contribution in [0, 0.1) is 0 Å². The largest absolute Gasteiger partial charge is 0.244 e. The Balaban J connectivity index is 0.974. The molecule has 9 aromatic rings. The van der Waals surface area contributed by atoms with Gasteiger partial charge < -0.3 is 0 Å². The van der Waals surface area contributed by atoms with E-state index >= 15 is 0 Å². The van der Waals surface area contributed by atoms with E-state index in [1.165, 1.54) is 43.4 Å². The first-order valence-corrected chi connectivity index (χ1v) is 19.1. The van der Waals surface area contributed by atoms with Gasteiger partial charge in [-0.1, -0.05) is 175 Å². The van der Waals surface area contributed by atoms with Crippen molar-refractivity contribution in [2.45, 2.75) is 9.79 Å². The van der Waals surface area contributed by atoms with Gasteiger partial charge in [-0.15, -0.1) is 0 Å². The van der Waals surface area contributed by atoms with Crippen LogP contribution in [0.4, 0.5) is 0 Å². The van der Waals surface area contributed by atoms with Crippen molar-refractivity contribution < 1.29 is 8.42 Å². The summed E-state index contributed by atoms with van der Waals surface area (Å²) in [4.78, 5) is 0.768. The summed E-state index contributed by atoms with van der Waals surface area (Å²) < 4.78 is 28.0. The lowest BCUT2D eigenvalue weighted by Gasteiger charge is -2.27. The second-order valence-corrected chi connectivity index (χ2v) is 15.5. The molecule has 0 atom stereocenters. The van der Waals surface area contributed by atoms with Crippen molar-refractivity contribution >= 4 is 65.3 Å². The summed E-state index contributed by atoms with van der Waals surface area (Å²) in [7, 11) is -3.68. The van der Waals surface area contributed by atoms with Crippen LogP contribution >= 0.6 is 0 Å². The first kappa shape index (κ1) is 30.6. The van der Waals surface area contributed by atoms with E-state index in [0.717, 1.165) is 38.6 Å². The number of rotatable bonds is 4. The van der Waals surface area contributed by atoms with E-state index in [2.05, 4.69) is 133 Å². The Labute approximate surface area is 303 Å². The van der Waals surface area contributed by atoms with Crippen LogP contribution < -0.4 is 16.4 Å². The zero-order valence-electron chi connectivity index (χ0n) is 28.2. The smallest absolute Gasteiger partial charge is 0.219 e. The minimum atomic E-state index is -3.68. The van der Waals surface area contributed by atoms with Crippen molar-refractivity contribution in [2.24, 2.45) is 0 Å². The Hall–Kier alpha value is -6.23. The molecule has 0 bridgehead atoms. The lowest BCUT2D eigenvalue weighted by Crippen LogP contribution is -2.57. The van der Waals surface area contributed by atoms with Crippen molar-refractivity contribution in [2.75, 3.05) is 0 Å². The Morgan fingerprint density at radius 1 is 0.308 bits per heavy atom. The standard InChI is InChI=1S/C48H31BO2S/c50-52(51)47-17-9-8-16-45(47)49(38-10-2-1-3-11-38)46-29-27-37(31-48(46)52)35-24-20-33(21-25-35)32-18-22-34(23-19-32)36-26-28-43-41-14-5-4-12-39(41)40-13-6-7-15-42(40)44(43)30-36/h1-31H. The van der Waals surface area contributed by atoms with Crippen molar-refractivity contribution in [1.29, 1.82) is 0 Å². The molecule has 0 aromatic heterocycles. The Bertz CT molecular complexity index is 2920. The molecule has 0 aliphatic carbocycles. The third-order valence-electron chi connectivity index (χ3n) is 10.8. The van der Waals surface area contributed by atoms with E-state index in [1.54, 1.807) is 6.07 Å². The summed E-state index contributed by atoms with van der Waals surface area (Å²) in [6, 6.07) is 64.8. The van der Waals surface area contributed by atoms with Crippen LogP contribution in [0.2, 0.25) is 0 Å². The molecule has 0 spiro atoms. The first-order chi connectivity index (χ1) is 25.5. The minimum Gasteiger partial charge on any atom is -0.219 e. The molecule has 0 radical (unpaired) electrons. The highest BCUT2D eigenvalue weighted by Gasteiger charge is 2.38. The topological polar surface area (TPSA) is 34.1 Å². The van der Waals surface area contributed by atoms with Gasteiger partial charge in [0.15, 0.2) is 0 Å². The van der Waals surface area contributed by atoms with Crippen LogP contribution in [0.3, 0.4) is 0 Å². The first-order valence-electron chi connectivity index (χ1n) is 17.6. The van der Waals surface area contributed by atoms with Gasteiger partial charge in [0, 0.05) is 0 Å². The van der Waals surface area contributed by atoms with Gasteiger partial charge in [0.25, 0.3) is 0 Å². The molecule has 10 rings (SSSR count). The molecule has 1 heterocycles. The van der Waals surface area contributed by atoms with Gasteiger partial charge in [-0.2, -0.15) is 0 Å². The molecule has 52 heavy (non-hydrogen) atoms. The van der Waals surface area contributed by atoms with Crippen LogP contribution in [0.5, 0.6) is 0 Å². The second kappa shape index (κ2) is 11.9. The summed E-state index contributed by atoms with van der Waals surface area (Å²) >= 11 is 0. The van der Waals surface area contributed by atoms with Crippen LogP contribution in [0.1, 0.15) is 0 Å². The SMILES string of the molecule is O=S1(=O)c2ccccc2B(c2ccccc2)c2ccc(-c3ccc(-c4ccc(-c5ccc6c7ccccc7c7ccccc7c6c5)cc4)cc3)cc21. The molecule has 1 aliphatic rings. The van der Waals surface area contributed by atoms with E-state index in [4.69, 9.17) is 0 Å². The highest BCUT2D eigenvalue weighted by molar-refractivity contribution is 7.92. The highest BCUT2D eigenvalue weighted by atomic mass is 32.2. The summed E-state index contributed by atoms with van der Waals surface area (Å²) in [5.74, 6) is 0. The lowest BCUT2D eigenvalue weighted by atomic mass is 9.36. The average Bonchev–Trinajstić information content (AvgIpc) is 3.21. The van der Waals surface area contributed by atoms with Crippen molar-refractivity contribution in [3.63, 3.8) is 0 Å². The van der Waals surface area contributed by atoms with Gasteiger partial charge in [0.05, 0.1) is 9.79 Å². The molecule has 0 saturated carbocycles. The fourth-order valence-electron chi connectivity index (χ4n) is 8.24. The van der Waals surface area contributed by atoms with E-state index in [0.29, 0.717) is 9.79 Å². The maximum atomic E-state index is 14.0. The molecule has 2 nitrogen and oxygen atoms in total. The van der Waals surface area contributed by atoms with Gasteiger partial charge in [-0.05, 0) is 94.8 Å². The molecule has 9 aromatic carbocycles. The molecule has 244 valence electrons. The summed E-state index contributed by atoms with van der Waals surface area (Å²) in [5.41, 5.74) is 9.18. The number of fused-ring (bicyclic) bond motifs is 8. The van der Waals surface area contributed by atoms with Gasteiger partial charge in [0.1, 0.15) is 0 Å². The summed E-state index contributed by atoms with van der Waals surface area (Å²) in [6.45, 7) is -0.149. The molecular formula is C48H31BO2S. The van der Waals surface area contributed by atoms with Gasteiger partial charge in [-0.3, -0.25) is 0 Å². The molecule has 0 amide bonds. The summed E-state index contributed by atoms with van der Waals surface area (Å²) in [5, 5.41) is 7.65. The molecule has 0 fully saturated rings. The third-order valence-corrected chi connectivity index (χ3v) is 12.7. The van der Waals surface area contributed by atoms with Crippen LogP contribution in [0.25, 0.3) is 65.7 Å². The lowest BCUT2D eigenvalue weighted by molar-refractivity contribution is 0.597. The molecule has 1 aliphatic heterocycles. The monoisotopic (exact) mass is 682 g/mol. The molecule has 4 heteroatoms. The molecule has 0 unspecified atom stereocenters. The highest BCUT2D eigenvalue weighted by Crippen LogP contribution is 2.37. The maximum Gasteiger partial charge on any atom is 0.244 e. The van der Waals surface area contributed by atoms with Crippen LogP contribution in [0.15, 0.2) is 198 Å². The number of sulfone groups is 1. The zero-order chi connectivity index (χ0) is 34.8. The van der Waals surface area contributed by atoms with Crippen LogP contribution in [-0.2, 0) is 9.84 Å². The summed E-state index contributed by atoms with van der Waals surface area (Å²) in [6.07, 6.45) is 0. The number of hydrogen-bond donors (Lipinski definition) is 0. The third kappa shape index (κ3) is 4.83.